The van der Waals surface area contributed by atoms with Gasteiger partial charge in [0.2, 0.25) is 6.29 Å². The second kappa shape index (κ2) is 11.5. The third kappa shape index (κ3) is 5.61. The molecule has 222 valence electrons. The highest BCUT2D eigenvalue weighted by molar-refractivity contribution is 5.86. The summed E-state index contributed by atoms with van der Waals surface area (Å²) in [5.41, 5.74) is -0.182. The molecule has 2 aliphatic heterocycles. The highest BCUT2D eigenvalue weighted by atomic mass is 16.8. The Balaban J connectivity index is 1.47. The summed E-state index contributed by atoms with van der Waals surface area (Å²) in [5, 5.41) is 81.4. The van der Waals surface area contributed by atoms with Crippen LogP contribution in [0.4, 0.5) is 0 Å². The Morgan fingerprint density at radius 3 is 2.22 bits per heavy atom. The highest BCUT2D eigenvalue weighted by Crippen LogP contribution is 2.35. The summed E-state index contributed by atoms with van der Waals surface area (Å²) < 4.78 is 28.4. The molecule has 41 heavy (non-hydrogen) atoms. The van der Waals surface area contributed by atoms with Crippen LogP contribution < -0.4 is 10.2 Å². The van der Waals surface area contributed by atoms with Gasteiger partial charge in [-0.25, -0.2) is 0 Å². The molecule has 0 spiro atoms. The first-order valence-corrected chi connectivity index (χ1v) is 12.7. The van der Waals surface area contributed by atoms with Crippen molar-refractivity contribution in [2.45, 2.75) is 68.3 Å². The Kier molecular flexibility index (Phi) is 8.20. The summed E-state index contributed by atoms with van der Waals surface area (Å²) in [7, 11) is 0. The number of ether oxygens (including phenoxy) is 4. The molecule has 0 bridgehead atoms. The van der Waals surface area contributed by atoms with Gasteiger partial charge in [-0.05, 0) is 31.2 Å². The molecule has 0 amide bonds. The fourth-order valence-corrected chi connectivity index (χ4v) is 4.79. The molecule has 2 aliphatic rings. The van der Waals surface area contributed by atoms with Crippen LogP contribution >= 0.6 is 0 Å². The van der Waals surface area contributed by atoms with Gasteiger partial charge in [0.25, 0.3) is 0 Å². The normalized spacial score (nSPS) is 34.0. The zero-order valence-corrected chi connectivity index (χ0v) is 21.5. The van der Waals surface area contributed by atoms with E-state index in [1.165, 1.54) is 43.3 Å². The maximum Gasteiger partial charge on any atom is 0.229 e. The molecule has 0 unspecified atom stereocenters. The first kappa shape index (κ1) is 29.2. The summed E-state index contributed by atoms with van der Waals surface area (Å²) in [6.45, 7) is 0.704. The molecule has 10 atom stereocenters. The Labute approximate surface area is 231 Å². The predicted octanol–water partition coefficient (Wildman–Crippen LogP) is -1.10. The number of aliphatic hydroxyl groups excluding tert-OH is 6. The predicted molar refractivity (Wildman–Crippen MR) is 137 cm³/mol. The first-order chi connectivity index (χ1) is 19.5. The van der Waals surface area contributed by atoms with Crippen LogP contribution in [0.25, 0.3) is 22.3 Å². The van der Waals surface area contributed by atoms with E-state index in [9.17, 15) is 45.6 Å². The number of phenols is 2. The molecule has 0 saturated carbocycles. The van der Waals surface area contributed by atoms with E-state index < -0.39 is 79.2 Å². The number of rotatable bonds is 6. The van der Waals surface area contributed by atoms with E-state index in [-0.39, 0.29) is 28.2 Å². The van der Waals surface area contributed by atoms with Gasteiger partial charge in [0, 0.05) is 23.8 Å². The Morgan fingerprint density at radius 1 is 0.829 bits per heavy atom. The molecule has 8 N–H and O–H groups in total. The van der Waals surface area contributed by atoms with Crippen LogP contribution in [-0.2, 0) is 14.2 Å². The molecule has 14 nitrogen and oxygen atoms in total. The van der Waals surface area contributed by atoms with Gasteiger partial charge < -0.3 is 64.2 Å². The molecule has 2 saturated heterocycles. The molecular formula is C27H30O14. The van der Waals surface area contributed by atoms with Crippen LogP contribution in [0.15, 0.2) is 51.7 Å². The van der Waals surface area contributed by atoms with Gasteiger partial charge in [-0.15, -0.1) is 0 Å². The zero-order chi connectivity index (χ0) is 29.6. The molecule has 0 aliphatic carbocycles. The molecule has 3 heterocycles. The van der Waals surface area contributed by atoms with Crippen molar-refractivity contribution in [1.29, 1.82) is 0 Å². The average molecular weight is 579 g/mol. The Hall–Kier alpha value is -3.31. The number of fused-ring (bicyclic) bond motifs is 1. The SMILES string of the molecule is C[C@@H]1O[C@@H](O[C@@H]2[C@@H](Oc3cc(O)c4c(=O)cc(-c5ccc(O)cc5)oc4c3)O[C@@H](CO)[C@H](O)[C@H]2O)[C@@H](O)[C@@H](O)[C@H]1O. The maximum atomic E-state index is 12.8. The first-order valence-electron chi connectivity index (χ1n) is 12.7. The number of hydrogen-bond donors (Lipinski definition) is 8. The lowest BCUT2D eigenvalue weighted by atomic mass is 9.97. The fourth-order valence-electron chi connectivity index (χ4n) is 4.79. The van der Waals surface area contributed by atoms with E-state index in [1.807, 2.05) is 0 Å². The van der Waals surface area contributed by atoms with E-state index in [0.29, 0.717) is 5.56 Å². The van der Waals surface area contributed by atoms with Gasteiger partial charge in [0.1, 0.15) is 70.6 Å². The maximum absolute atomic E-state index is 12.8. The molecule has 3 aromatic rings. The van der Waals surface area contributed by atoms with Crippen LogP contribution in [0.5, 0.6) is 17.2 Å². The third-order valence-electron chi connectivity index (χ3n) is 7.11. The van der Waals surface area contributed by atoms with Crippen molar-refractivity contribution in [3.8, 4) is 28.6 Å². The minimum absolute atomic E-state index is 0.00857. The molecular weight excluding hydrogens is 548 g/mol. The van der Waals surface area contributed by atoms with Gasteiger partial charge in [0.05, 0.1) is 12.7 Å². The van der Waals surface area contributed by atoms with Gasteiger partial charge in [0.15, 0.2) is 17.8 Å². The van der Waals surface area contributed by atoms with Crippen LogP contribution in [0.3, 0.4) is 0 Å². The number of aromatic hydroxyl groups is 2. The monoisotopic (exact) mass is 578 g/mol. The lowest BCUT2D eigenvalue weighted by Crippen LogP contribution is -2.64. The largest absolute Gasteiger partial charge is 0.508 e. The van der Waals surface area contributed by atoms with Crippen molar-refractivity contribution in [2.24, 2.45) is 0 Å². The van der Waals surface area contributed by atoms with Gasteiger partial charge in [-0.2, -0.15) is 0 Å². The van der Waals surface area contributed by atoms with E-state index in [0.717, 1.165) is 6.07 Å². The molecule has 14 heteroatoms. The lowest BCUT2D eigenvalue weighted by molar-refractivity contribution is -0.354. The Morgan fingerprint density at radius 2 is 1.54 bits per heavy atom. The number of aliphatic hydroxyl groups is 6. The van der Waals surface area contributed by atoms with Crippen molar-refractivity contribution in [1.82, 2.24) is 0 Å². The van der Waals surface area contributed by atoms with E-state index in [1.54, 1.807) is 0 Å². The molecule has 0 radical (unpaired) electrons. The number of benzene rings is 2. The quantitative estimate of drug-likeness (QED) is 0.174. The summed E-state index contributed by atoms with van der Waals surface area (Å²) in [5.74, 6) is -0.498. The van der Waals surface area contributed by atoms with Crippen molar-refractivity contribution in [2.75, 3.05) is 6.61 Å². The van der Waals surface area contributed by atoms with Crippen molar-refractivity contribution in [3.63, 3.8) is 0 Å². The highest BCUT2D eigenvalue weighted by Gasteiger charge is 2.50. The third-order valence-corrected chi connectivity index (χ3v) is 7.11. The van der Waals surface area contributed by atoms with Crippen LogP contribution in [0.1, 0.15) is 6.92 Å². The number of phenolic OH excluding ortho intramolecular Hbond substituents is 2. The van der Waals surface area contributed by atoms with Gasteiger partial charge in [-0.1, -0.05) is 0 Å². The van der Waals surface area contributed by atoms with Crippen molar-refractivity contribution in [3.05, 3.63) is 52.7 Å². The topological polar surface area (TPSA) is 229 Å². The minimum atomic E-state index is -1.76. The molecule has 5 rings (SSSR count). The smallest absolute Gasteiger partial charge is 0.229 e. The van der Waals surface area contributed by atoms with Gasteiger partial charge in [-0.3, -0.25) is 4.79 Å². The fraction of sp³-hybridized carbons (Fsp3) is 0.444. The summed E-state index contributed by atoms with van der Waals surface area (Å²) >= 11 is 0. The van der Waals surface area contributed by atoms with Crippen LogP contribution in [0.2, 0.25) is 0 Å². The van der Waals surface area contributed by atoms with Crippen molar-refractivity contribution < 1.29 is 64.2 Å². The Bertz CT molecular complexity index is 1420. The molecule has 2 aromatic carbocycles. The number of hydrogen-bond acceptors (Lipinski definition) is 14. The average Bonchev–Trinajstić information content (AvgIpc) is 2.94. The van der Waals surface area contributed by atoms with E-state index in [2.05, 4.69) is 0 Å². The standard InChI is InChI=1S/C27H30O14/c1-10-20(32)22(34)24(36)26(37-10)41-25-23(35)21(33)18(9-28)40-27(25)38-13-6-14(30)19-15(31)8-16(39-17(19)7-13)11-2-4-12(29)5-3-11/h2-8,10,18,20-30,32-36H,9H2,1H3/t10-,18-,20-,21-,22-,23+,24-,25-,26-,27-/m0/s1. The zero-order valence-electron chi connectivity index (χ0n) is 21.5. The summed E-state index contributed by atoms with van der Waals surface area (Å²) in [6.07, 6.45) is -15.3. The minimum Gasteiger partial charge on any atom is -0.508 e. The van der Waals surface area contributed by atoms with E-state index in [4.69, 9.17) is 23.4 Å². The van der Waals surface area contributed by atoms with Crippen LogP contribution in [-0.4, -0.2) is 109 Å². The lowest BCUT2D eigenvalue weighted by Gasteiger charge is -2.45. The summed E-state index contributed by atoms with van der Waals surface area (Å²) in [4.78, 5) is 12.8. The second-order valence-corrected chi connectivity index (χ2v) is 9.94. The van der Waals surface area contributed by atoms with E-state index >= 15 is 0 Å². The summed E-state index contributed by atoms with van der Waals surface area (Å²) in [6, 6.07) is 9.38. The van der Waals surface area contributed by atoms with Crippen LogP contribution in [0, 0.1) is 0 Å². The second-order valence-electron chi connectivity index (χ2n) is 9.94. The molecule has 2 fully saturated rings. The molecule has 1 aromatic heterocycles. The van der Waals surface area contributed by atoms with Crippen molar-refractivity contribution >= 4 is 11.0 Å². The van der Waals surface area contributed by atoms with Gasteiger partial charge >= 0.3 is 0 Å².